The van der Waals surface area contributed by atoms with E-state index < -0.39 is 0 Å². The second kappa shape index (κ2) is 2.75. The summed E-state index contributed by atoms with van der Waals surface area (Å²) in [5.41, 5.74) is 7.03. The molecule has 0 aromatic carbocycles. The normalized spacial score (nSPS) is 55.7. The lowest BCUT2D eigenvalue weighted by molar-refractivity contribution is -0.0910. The Morgan fingerprint density at radius 2 is 1.64 bits per heavy atom. The Balaban J connectivity index is 1.92. The zero-order valence-electron chi connectivity index (χ0n) is 9.50. The Labute approximate surface area is 87.4 Å². The first kappa shape index (κ1) is 9.21. The molecule has 1 heteroatoms. The summed E-state index contributed by atoms with van der Waals surface area (Å²) < 4.78 is 0. The van der Waals surface area contributed by atoms with Crippen LogP contribution in [-0.2, 0) is 0 Å². The zero-order valence-corrected chi connectivity index (χ0v) is 9.50. The maximum absolute atomic E-state index is 6.33. The highest BCUT2D eigenvalue weighted by atomic mass is 14.8. The monoisotopic (exact) mass is 193 g/mol. The average molecular weight is 193 g/mol. The molecule has 4 aliphatic carbocycles. The van der Waals surface area contributed by atoms with Crippen LogP contribution in [0.3, 0.4) is 0 Å². The van der Waals surface area contributed by atoms with E-state index >= 15 is 0 Å². The molecule has 4 fully saturated rings. The molecule has 4 saturated carbocycles. The summed E-state index contributed by atoms with van der Waals surface area (Å²) in [6.45, 7) is 4.86. The number of nitrogens with two attached hydrogens (primary N) is 1. The minimum atomic E-state index is 0.554. The quantitative estimate of drug-likeness (QED) is 0.681. The van der Waals surface area contributed by atoms with Crippen molar-refractivity contribution in [2.24, 2.45) is 34.8 Å². The van der Waals surface area contributed by atoms with Gasteiger partial charge in [0.15, 0.2) is 0 Å². The summed E-state index contributed by atoms with van der Waals surface area (Å²) in [4.78, 5) is 0. The van der Waals surface area contributed by atoms with E-state index in [-0.39, 0.29) is 0 Å². The van der Waals surface area contributed by atoms with Crippen LogP contribution in [0.25, 0.3) is 0 Å². The van der Waals surface area contributed by atoms with E-state index in [0.717, 1.165) is 23.7 Å². The largest absolute Gasteiger partial charge is 0.327 e. The minimum Gasteiger partial charge on any atom is -0.327 e. The third-order valence-electron chi connectivity index (χ3n) is 5.62. The van der Waals surface area contributed by atoms with Crippen LogP contribution in [0.15, 0.2) is 0 Å². The topological polar surface area (TPSA) is 26.0 Å². The molecular weight excluding hydrogens is 170 g/mol. The van der Waals surface area contributed by atoms with Crippen LogP contribution in [0.5, 0.6) is 0 Å². The van der Waals surface area contributed by atoms with Crippen molar-refractivity contribution in [3.8, 4) is 0 Å². The van der Waals surface area contributed by atoms with Gasteiger partial charge in [-0.1, -0.05) is 13.8 Å². The van der Waals surface area contributed by atoms with Gasteiger partial charge in [0.1, 0.15) is 0 Å². The summed E-state index contributed by atoms with van der Waals surface area (Å²) in [5.74, 6) is 3.67. The Bertz CT molecular complexity index is 230. The van der Waals surface area contributed by atoms with Crippen LogP contribution >= 0.6 is 0 Å². The average Bonchev–Trinajstić information content (AvgIpc) is 2.12. The van der Waals surface area contributed by atoms with Crippen LogP contribution < -0.4 is 5.73 Å². The smallest absolute Gasteiger partial charge is 0.00962 e. The molecule has 4 bridgehead atoms. The lowest BCUT2D eigenvalue weighted by atomic mass is 9.45. The highest BCUT2D eigenvalue weighted by molar-refractivity contribution is 5.07. The summed E-state index contributed by atoms with van der Waals surface area (Å²) in [6.07, 6.45) is 7.31. The molecule has 0 aromatic rings. The summed E-state index contributed by atoms with van der Waals surface area (Å²) in [5, 5.41) is 0. The third-order valence-corrected chi connectivity index (χ3v) is 5.62. The second-order valence-corrected chi connectivity index (χ2v) is 6.56. The van der Waals surface area contributed by atoms with Gasteiger partial charge >= 0.3 is 0 Å². The lowest BCUT2D eigenvalue weighted by Crippen LogP contribution is -2.58. The molecule has 4 aliphatic rings. The molecule has 80 valence electrons. The SMILES string of the molecule is CC(C)C12CC3CC(C1)C(N)C(C3)C2. The van der Waals surface area contributed by atoms with Crippen molar-refractivity contribution in [3.63, 3.8) is 0 Å². The Kier molecular flexibility index (Phi) is 1.81. The molecule has 0 amide bonds. The van der Waals surface area contributed by atoms with E-state index in [0.29, 0.717) is 11.5 Å². The summed E-state index contributed by atoms with van der Waals surface area (Å²) >= 11 is 0. The van der Waals surface area contributed by atoms with Crippen molar-refractivity contribution < 1.29 is 0 Å². The van der Waals surface area contributed by atoms with Crippen LogP contribution in [-0.4, -0.2) is 6.04 Å². The molecule has 0 heterocycles. The van der Waals surface area contributed by atoms with Crippen molar-refractivity contribution in [1.82, 2.24) is 0 Å². The predicted octanol–water partition coefficient (Wildman–Crippen LogP) is 2.80. The van der Waals surface area contributed by atoms with Crippen molar-refractivity contribution in [2.75, 3.05) is 0 Å². The van der Waals surface area contributed by atoms with Gasteiger partial charge in [-0.2, -0.15) is 0 Å². The van der Waals surface area contributed by atoms with Crippen LogP contribution in [0, 0.1) is 29.1 Å². The highest BCUT2D eigenvalue weighted by Gasteiger charge is 2.55. The van der Waals surface area contributed by atoms with Gasteiger partial charge in [0.05, 0.1) is 0 Å². The number of rotatable bonds is 1. The standard InChI is InChI=1S/C13H23N/c1-8(2)13-5-9-3-10(6-13)12(14)11(4-9)7-13/h8-12H,3-7,14H2,1-2H3. The lowest BCUT2D eigenvalue weighted by Gasteiger charge is -2.61. The van der Waals surface area contributed by atoms with Crippen LogP contribution in [0.2, 0.25) is 0 Å². The van der Waals surface area contributed by atoms with Gasteiger partial charge in [-0.15, -0.1) is 0 Å². The number of hydrogen-bond donors (Lipinski definition) is 1. The van der Waals surface area contributed by atoms with Crippen molar-refractivity contribution in [1.29, 1.82) is 0 Å². The van der Waals surface area contributed by atoms with E-state index in [2.05, 4.69) is 13.8 Å². The molecule has 0 radical (unpaired) electrons. The van der Waals surface area contributed by atoms with Crippen molar-refractivity contribution in [2.45, 2.75) is 52.0 Å². The molecule has 0 saturated heterocycles. The van der Waals surface area contributed by atoms with E-state index in [4.69, 9.17) is 5.73 Å². The Morgan fingerprint density at radius 1 is 1.07 bits per heavy atom. The third kappa shape index (κ3) is 1.05. The molecule has 0 aliphatic heterocycles. The zero-order chi connectivity index (χ0) is 9.92. The first-order valence-corrected chi connectivity index (χ1v) is 6.36. The first-order valence-electron chi connectivity index (χ1n) is 6.36. The summed E-state index contributed by atoms with van der Waals surface area (Å²) in [7, 11) is 0. The van der Waals surface area contributed by atoms with Crippen molar-refractivity contribution >= 4 is 0 Å². The minimum absolute atomic E-state index is 0.554. The molecule has 2 atom stereocenters. The maximum atomic E-state index is 6.33. The summed E-state index contributed by atoms with van der Waals surface area (Å²) in [6, 6.07) is 0.554. The molecule has 2 N–H and O–H groups in total. The molecule has 1 nitrogen and oxygen atoms in total. The molecule has 2 unspecified atom stereocenters. The van der Waals surface area contributed by atoms with Gasteiger partial charge in [0.25, 0.3) is 0 Å². The highest BCUT2D eigenvalue weighted by Crippen LogP contribution is 2.62. The van der Waals surface area contributed by atoms with Gasteiger partial charge in [-0.05, 0) is 61.2 Å². The van der Waals surface area contributed by atoms with E-state index in [1.807, 2.05) is 0 Å². The first-order chi connectivity index (χ1) is 6.61. The molecule has 0 spiro atoms. The van der Waals surface area contributed by atoms with Gasteiger partial charge in [0, 0.05) is 6.04 Å². The van der Waals surface area contributed by atoms with Gasteiger partial charge < -0.3 is 5.73 Å². The Morgan fingerprint density at radius 3 is 2.14 bits per heavy atom. The fourth-order valence-electron chi connectivity index (χ4n) is 4.83. The van der Waals surface area contributed by atoms with Crippen LogP contribution in [0.1, 0.15) is 46.0 Å². The molecule has 4 rings (SSSR count). The van der Waals surface area contributed by atoms with Crippen molar-refractivity contribution in [3.05, 3.63) is 0 Å². The maximum Gasteiger partial charge on any atom is 0.00962 e. The van der Waals surface area contributed by atoms with E-state index in [9.17, 15) is 0 Å². The molecule has 0 aromatic heterocycles. The second-order valence-electron chi connectivity index (χ2n) is 6.56. The Hall–Kier alpha value is -0.0400. The van der Waals surface area contributed by atoms with Gasteiger partial charge in [-0.25, -0.2) is 0 Å². The number of hydrogen-bond acceptors (Lipinski definition) is 1. The van der Waals surface area contributed by atoms with Gasteiger partial charge in [-0.3, -0.25) is 0 Å². The molecule has 14 heavy (non-hydrogen) atoms. The van der Waals surface area contributed by atoms with E-state index in [1.54, 1.807) is 0 Å². The van der Waals surface area contributed by atoms with E-state index in [1.165, 1.54) is 32.1 Å². The van der Waals surface area contributed by atoms with Crippen LogP contribution in [0.4, 0.5) is 0 Å². The van der Waals surface area contributed by atoms with Gasteiger partial charge in [0.2, 0.25) is 0 Å². The molecular formula is C13H23N. The fourth-order valence-corrected chi connectivity index (χ4v) is 4.83. The fraction of sp³-hybridized carbons (Fsp3) is 1.00. The predicted molar refractivity (Wildman–Crippen MR) is 58.8 cm³/mol.